The second kappa shape index (κ2) is 7.32. The van der Waals surface area contributed by atoms with E-state index in [1.165, 1.54) is 0 Å². The van der Waals surface area contributed by atoms with Crippen LogP contribution in [-0.2, 0) is 11.2 Å². The molecule has 2 aromatic carbocycles. The van der Waals surface area contributed by atoms with Gasteiger partial charge in [0, 0.05) is 22.9 Å². The molecule has 0 aliphatic rings. The molecule has 2 rings (SSSR count). The summed E-state index contributed by atoms with van der Waals surface area (Å²) in [6.07, 6.45) is 0.854. The number of para-hydroxylation sites is 1. The Bertz CT molecular complexity index is 670. The molecule has 116 valence electrons. The van der Waals surface area contributed by atoms with E-state index in [2.05, 4.69) is 6.92 Å². The minimum atomic E-state index is -0.320. The Morgan fingerprint density at radius 2 is 1.86 bits per heavy atom. The van der Waals surface area contributed by atoms with E-state index in [1.807, 2.05) is 42.5 Å². The monoisotopic (exact) mass is 317 g/mol. The number of methoxy groups -OCH3 is 1. The van der Waals surface area contributed by atoms with Gasteiger partial charge in [0.25, 0.3) is 0 Å². The molecule has 4 heteroatoms. The minimum Gasteiger partial charge on any atom is -0.496 e. The smallest absolute Gasteiger partial charge is 0.217 e. The number of amides is 1. The SMILES string of the molecule is COc1ccccc1C(C)c1cccc(CCC(N)=O)c1Cl. The van der Waals surface area contributed by atoms with Crippen molar-refractivity contribution in [3.05, 3.63) is 64.2 Å². The number of aryl methyl sites for hydroxylation is 1. The highest BCUT2D eigenvalue weighted by atomic mass is 35.5. The highest BCUT2D eigenvalue weighted by molar-refractivity contribution is 6.32. The van der Waals surface area contributed by atoms with Crippen molar-refractivity contribution < 1.29 is 9.53 Å². The van der Waals surface area contributed by atoms with E-state index in [9.17, 15) is 4.79 Å². The topological polar surface area (TPSA) is 52.3 Å². The van der Waals surface area contributed by atoms with Gasteiger partial charge >= 0.3 is 0 Å². The molecule has 3 nitrogen and oxygen atoms in total. The standard InChI is InChI=1S/C18H20ClNO2/c1-12(14-7-3-4-9-16(14)22-2)15-8-5-6-13(18(15)19)10-11-17(20)21/h3-9,12H,10-11H2,1-2H3,(H2,20,21). The number of primary amides is 1. The van der Waals surface area contributed by atoms with Crippen molar-refractivity contribution in [2.75, 3.05) is 7.11 Å². The summed E-state index contributed by atoms with van der Waals surface area (Å²) in [5.74, 6) is 0.616. The van der Waals surface area contributed by atoms with Gasteiger partial charge in [-0.25, -0.2) is 0 Å². The summed E-state index contributed by atoms with van der Waals surface area (Å²) in [7, 11) is 1.66. The van der Waals surface area contributed by atoms with Crippen LogP contribution >= 0.6 is 11.6 Å². The van der Waals surface area contributed by atoms with Gasteiger partial charge in [-0.1, -0.05) is 54.9 Å². The molecular weight excluding hydrogens is 298 g/mol. The van der Waals surface area contributed by atoms with Gasteiger partial charge in [-0.15, -0.1) is 0 Å². The number of hydrogen-bond donors (Lipinski definition) is 1. The second-order valence-electron chi connectivity index (χ2n) is 5.25. The predicted octanol–water partition coefficient (Wildman–Crippen LogP) is 3.92. The molecular formula is C18H20ClNO2. The lowest BCUT2D eigenvalue weighted by Crippen LogP contribution is -2.11. The Kier molecular flexibility index (Phi) is 5.45. The van der Waals surface area contributed by atoms with Crippen molar-refractivity contribution in [1.29, 1.82) is 0 Å². The molecule has 2 N–H and O–H groups in total. The van der Waals surface area contributed by atoms with Crippen molar-refractivity contribution in [3.63, 3.8) is 0 Å². The first-order valence-corrected chi connectivity index (χ1v) is 7.61. The quantitative estimate of drug-likeness (QED) is 0.878. The Morgan fingerprint density at radius 3 is 2.55 bits per heavy atom. The molecule has 0 saturated carbocycles. The molecule has 0 aliphatic carbocycles. The summed E-state index contributed by atoms with van der Waals surface area (Å²) in [4.78, 5) is 11.0. The van der Waals surface area contributed by atoms with Crippen LogP contribution in [0.1, 0.15) is 36.0 Å². The van der Waals surface area contributed by atoms with E-state index in [0.29, 0.717) is 17.9 Å². The number of rotatable bonds is 6. The van der Waals surface area contributed by atoms with Gasteiger partial charge in [-0.05, 0) is 23.6 Å². The van der Waals surface area contributed by atoms with Gasteiger partial charge in [0.2, 0.25) is 5.91 Å². The Balaban J connectivity index is 2.35. The zero-order chi connectivity index (χ0) is 16.1. The third-order valence-corrected chi connectivity index (χ3v) is 4.28. The second-order valence-corrected chi connectivity index (χ2v) is 5.63. The zero-order valence-corrected chi connectivity index (χ0v) is 13.6. The fraction of sp³-hybridized carbons (Fsp3) is 0.278. The van der Waals surface area contributed by atoms with Gasteiger partial charge in [-0.2, -0.15) is 0 Å². The summed E-state index contributed by atoms with van der Waals surface area (Å²) in [5, 5.41) is 0.696. The molecule has 0 aliphatic heterocycles. The lowest BCUT2D eigenvalue weighted by Gasteiger charge is -2.18. The minimum absolute atomic E-state index is 0.0946. The molecule has 0 heterocycles. The van der Waals surface area contributed by atoms with E-state index in [1.54, 1.807) is 7.11 Å². The summed E-state index contributed by atoms with van der Waals surface area (Å²) in [5.41, 5.74) is 8.27. The van der Waals surface area contributed by atoms with Crippen LogP contribution in [0.2, 0.25) is 5.02 Å². The van der Waals surface area contributed by atoms with E-state index in [-0.39, 0.29) is 11.8 Å². The Labute approximate surface area is 136 Å². The maximum Gasteiger partial charge on any atom is 0.217 e. The lowest BCUT2D eigenvalue weighted by molar-refractivity contribution is -0.117. The molecule has 1 atom stereocenters. The first-order valence-electron chi connectivity index (χ1n) is 7.23. The zero-order valence-electron chi connectivity index (χ0n) is 12.8. The van der Waals surface area contributed by atoms with Gasteiger partial charge in [-0.3, -0.25) is 4.79 Å². The van der Waals surface area contributed by atoms with Crippen molar-refractivity contribution in [2.45, 2.75) is 25.7 Å². The van der Waals surface area contributed by atoms with Crippen LogP contribution in [0.15, 0.2) is 42.5 Å². The number of halogens is 1. The van der Waals surface area contributed by atoms with Crippen molar-refractivity contribution in [1.82, 2.24) is 0 Å². The maximum absolute atomic E-state index is 11.0. The van der Waals surface area contributed by atoms with Crippen LogP contribution in [0.4, 0.5) is 0 Å². The molecule has 0 saturated heterocycles. The third-order valence-electron chi connectivity index (χ3n) is 3.82. The fourth-order valence-corrected chi connectivity index (χ4v) is 2.96. The normalized spacial score (nSPS) is 12.0. The number of hydrogen-bond acceptors (Lipinski definition) is 2. The number of carbonyl (C=O) groups excluding carboxylic acids is 1. The van der Waals surface area contributed by atoms with Crippen LogP contribution < -0.4 is 10.5 Å². The Morgan fingerprint density at radius 1 is 1.18 bits per heavy atom. The van der Waals surface area contributed by atoms with Gasteiger partial charge in [0.15, 0.2) is 0 Å². The highest BCUT2D eigenvalue weighted by Crippen LogP contribution is 2.36. The average molecular weight is 318 g/mol. The van der Waals surface area contributed by atoms with Crippen molar-refractivity contribution in [2.24, 2.45) is 5.73 Å². The van der Waals surface area contributed by atoms with E-state index in [0.717, 1.165) is 22.4 Å². The van der Waals surface area contributed by atoms with E-state index in [4.69, 9.17) is 22.1 Å². The molecule has 0 aromatic heterocycles. The van der Waals surface area contributed by atoms with Crippen LogP contribution in [0.25, 0.3) is 0 Å². The number of benzene rings is 2. The fourth-order valence-electron chi connectivity index (χ4n) is 2.58. The molecule has 0 spiro atoms. The molecule has 1 amide bonds. The summed E-state index contributed by atoms with van der Waals surface area (Å²) in [6, 6.07) is 13.8. The summed E-state index contributed by atoms with van der Waals surface area (Å²) in [6.45, 7) is 2.09. The van der Waals surface area contributed by atoms with Crippen molar-refractivity contribution >= 4 is 17.5 Å². The van der Waals surface area contributed by atoms with Crippen LogP contribution in [0, 0.1) is 0 Å². The number of ether oxygens (including phenoxy) is 1. The van der Waals surface area contributed by atoms with Crippen molar-refractivity contribution in [3.8, 4) is 5.75 Å². The molecule has 2 aromatic rings. The molecule has 0 radical (unpaired) electrons. The summed E-state index contributed by atoms with van der Waals surface area (Å²) >= 11 is 6.54. The highest BCUT2D eigenvalue weighted by Gasteiger charge is 2.17. The Hall–Kier alpha value is -2.00. The number of nitrogens with two attached hydrogens (primary N) is 1. The van der Waals surface area contributed by atoms with E-state index >= 15 is 0 Å². The van der Waals surface area contributed by atoms with Crippen LogP contribution in [-0.4, -0.2) is 13.0 Å². The maximum atomic E-state index is 11.0. The molecule has 0 fully saturated rings. The lowest BCUT2D eigenvalue weighted by atomic mass is 9.90. The first kappa shape index (κ1) is 16.4. The largest absolute Gasteiger partial charge is 0.496 e. The van der Waals surface area contributed by atoms with Crippen LogP contribution in [0.3, 0.4) is 0 Å². The van der Waals surface area contributed by atoms with Gasteiger partial charge < -0.3 is 10.5 Å². The third kappa shape index (κ3) is 3.60. The molecule has 1 unspecified atom stereocenters. The molecule has 0 bridgehead atoms. The van der Waals surface area contributed by atoms with E-state index < -0.39 is 0 Å². The van der Waals surface area contributed by atoms with Gasteiger partial charge in [0.05, 0.1) is 7.11 Å². The number of carbonyl (C=O) groups is 1. The molecule has 22 heavy (non-hydrogen) atoms. The summed E-state index contributed by atoms with van der Waals surface area (Å²) < 4.78 is 5.43. The first-order chi connectivity index (χ1) is 10.5. The predicted molar refractivity (Wildman–Crippen MR) is 89.5 cm³/mol. The van der Waals surface area contributed by atoms with Gasteiger partial charge in [0.1, 0.15) is 5.75 Å². The van der Waals surface area contributed by atoms with Crippen LogP contribution in [0.5, 0.6) is 5.75 Å². The average Bonchev–Trinajstić information content (AvgIpc) is 2.53.